The summed E-state index contributed by atoms with van der Waals surface area (Å²) in [6, 6.07) is 15.9. The van der Waals surface area contributed by atoms with Gasteiger partial charge in [0, 0.05) is 25.2 Å². The SMILES string of the molecule is COc1cc(C=CC(=O)N2CC=C(c3ccccc3)CC2)cc(OC)c1. The number of carbonyl (C=O) groups is 1. The van der Waals surface area contributed by atoms with Crippen LogP contribution in [-0.4, -0.2) is 38.1 Å². The molecular formula is C22H23NO3. The molecule has 1 amide bonds. The Morgan fingerprint density at radius 1 is 1.04 bits per heavy atom. The topological polar surface area (TPSA) is 38.8 Å². The van der Waals surface area contributed by atoms with Gasteiger partial charge >= 0.3 is 0 Å². The average molecular weight is 349 g/mol. The minimum absolute atomic E-state index is 0.00940. The number of hydrogen-bond acceptors (Lipinski definition) is 3. The fourth-order valence-electron chi connectivity index (χ4n) is 2.98. The first-order chi connectivity index (χ1) is 12.7. The van der Waals surface area contributed by atoms with Gasteiger partial charge in [0.05, 0.1) is 14.2 Å². The summed E-state index contributed by atoms with van der Waals surface area (Å²) >= 11 is 0. The van der Waals surface area contributed by atoms with Crippen molar-refractivity contribution in [1.29, 1.82) is 0 Å². The summed E-state index contributed by atoms with van der Waals surface area (Å²) < 4.78 is 10.5. The summed E-state index contributed by atoms with van der Waals surface area (Å²) in [5, 5.41) is 0. The van der Waals surface area contributed by atoms with Crippen LogP contribution in [0.1, 0.15) is 17.5 Å². The molecule has 0 bridgehead atoms. The highest BCUT2D eigenvalue weighted by molar-refractivity contribution is 5.92. The van der Waals surface area contributed by atoms with Crippen molar-refractivity contribution in [1.82, 2.24) is 4.90 Å². The zero-order valence-electron chi connectivity index (χ0n) is 15.1. The number of benzene rings is 2. The maximum absolute atomic E-state index is 12.5. The first-order valence-corrected chi connectivity index (χ1v) is 8.64. The molecule has 0 saturated carbocycles. The van der Waals surface area contributed by atoms with E-state index >= 15 is 0 Å². The second-order valence-corrected chi connectivity index (χ2v) is 6.11. The Hall–Kier alpha value is -3.01. The zero-order valence-corrected chi connectivity index (χ0v) is 15.1. The van der Waals surface area contributed by atoms with E-state index in [1.807, 2.05) is 35.2 Å². The number of nitrogens with zero attached hydrogens (tertiary/aromatic N) is 1. The number of rotatable bonds is 5. The van der Waals surface area contributed by atoms with Crippen molar-refractivity contribution in [3.63, 3.8) is 0 Å². The molecule has 1 aliphatic heterocycles. The van der Waals surface area contributed by atoms with Gasteiger partial charge in [-0.2, -0.15) is 0 Å². The van der Waals surface area contributed by atoms with Crippen LogP contribution in [0.3, 0.4) is 0 Å². The van der Waals surface area contributed by atoms with Crippen LogP contribution in [0.5, 0.6) is 11.5 Å². The number of carbonyl (C=O) groups excluding carboxylic acids is 1. The van der Waals surface area contributed by atoms with Gasteiger partial charge in [0.15, 0.2) is 0 Å². The van der Waals surface area contributed by atoms with Gasteiger partial charge in [0.25, 0.3) is 0 Å². The normalized spacial score (nSPS) is 14.2. The molecule has 1 heterocycles. The Morgan fingerprint density at radius 2 is 1.73 bits per heavy atom. The first kappa shape index (κ1) is 17.8. The second kappa shape index (κ2) is 8.39. The molecule has 0 aromatic heterocycles. The maximum atomic E-state index is 12.5. The van der Waals surface area contributed by atoms with Gasteiger partial charge in [-0.1, -0.05) is 36.4 Å². The van der Waals surface area contributed by atoms with Crippen molar-refractivity contribution in [3.05, 3.63) is 71.8 Å². The molecule has 4 nitrogen and oxygen atoms in total. The van der Waals surface area contributed by atoms with Gasteiger partial charge in [-0.05, 0) is 41.3 Å². The van der Waals surface area contributed by atoms with Crippen LogP contribution in [0.2, 0.25) is 0 Å². The molecule has 0 fully saturated rings. The maximum Gasteiger partial charge on any atom is 0.246 e. The van der Waals surface area contributed by atoms with E-state index in [-0.39, 0.29) is 5.91 Å². The lowest BCUT2D eigenvalue weighted by atomic mass is 9.99. The van der Waals surface area contributed by atoms with Crippen LogP contribution in [0.4, 0.5) is 0 Å². The summed E-state index contributed by atoms with van der Waals surface area (Å²) in [6.45, 7) is 1.36. The molecular weight excluding hydrogens is 326 g/mol. The van der Waals surface area contributed by atoms with Gasteiger partial charge in [-0.15, -0.1) is 0 Å². The highest BCUT2D eigenvalue weighted by Crippen LogP contribution is 2.24. The largest absolute Gasteiger partial charge is 0.497 e. The summed E-state index contributed by atoms with van der Waals surface area (Å²) in [5.74, 6) is 1.41. The van der Waals surface area contributed by atoms with Crippen LogP contribution in [0.25, 0.3) is 11.6 Å². The van der Waals surface area contributed by atoms with Crippen molar-refractivity contribution in [2.45, 2.75) is 6.42 Å². The molecule has 0 radical (unpaired) electrons. The molecule has 0 atom stereocenters. The van der Waals surface area contributed by atoms with Gasteiger partial charge < -0.3 is 14.4 Å². The molecule has 1 aliphatic rings. The van der Waals surface area contributed by atoms with E-state index in [2.05, 4.69) is 18.2 Å². The number of amides is 1. The van der Waals surface area contributed by atoms with Gasteiger partial charge in [0.1, 0.15) is 11.5 Å². The Kier molecular flexibility index (Phi) is 5.74. The van der Waals surface area contributed by atoms with E-state index in [0.29, 0.717) is 18.0 Å². The highest BCUT2D eigenvalue weighted by Gasteiger charge is 2.15. The lowest BCUT2D eigenvalue weighted by Gasteiger charge is -2.25. The summed E-state index contributed by atoms with van der Waals surface area (Å²) in [7, 11) is 3.22. The summed E-state index contributed by atoms with van der Waals surface area (Å²) in [5.41, 5.74) is 3.40. The Balaban J connectivity index is 1.66. The van der Waals surface area contributed by atoms with Crippen LogP contribution < -0.4 is 9.47 Å². The van der Waals surface area contributed by atoms with E-state index in [1.54, 1.807) is 32.4 Å². The minimum Gasteiger partial charge on any atom is -0.497 e. The number of ether oxygens (including phenoxy) is 2. The molecule has 2 aromatic carbocycles. The Bertz CT molecular complexity index is 802. The lowest BCUT2D eigenvalue weighted by molar-refractivity contribution is -0.125. The third-order valence-corrected chi connectivity index (χ3v) is 4.46. The predicted molar refractivity (Wildman–Crippen MR) is 104 cm³/mol. The molecule has 4 heteroatoms. The molecule has 3 rings (SSSR count). The third-order valence-electron chi connectivity index (χ3n) is 4.46. The smallest absolute Gasteiger partial charge is 0.246 e. The zero-order chi connectivity index (χ0) is 18.4. The van der Waals surface area contributed by atoms with Crippen LogP contribution in [0, 0.1) is 0 Å². The molecule has 0 spiro atoms. The van der Waals surface area contributed by atoms with E-state index in [0.717, 1.165) is 18.5 Å². The Labute approximate surface area is 154 Å². The van der Waals surface area contributed by atoms with Crippen LogP contribution >= 0.6 is 0 Å². The third kappa shape index (κ3) is 4.33. The van der Waals surface area contributed by atoms with Crippen molar-refractivity contribution in [2.24, 2.45) is 0 Å². The monoisotopic (exact) mass is 349 g/mol. The van der Waals surface area contributed by atoms with Crippen molar-refractivity contribution in [3.8, 4) is 11.5 Å². The molecule has 2 aromatic rings. The van der Waals surface area contributed by atoms with Crippen molar-refractivity contribution in [2.75, 3.05) is 27.3 Å². The average Bonchev–Trinajstić information content (AvgIpc) is 2.72. The quantitative estimate of drug-likeness (QED) is 0.765. The highest BCUT2D eigenvalue weighted by atomic mass is 16.5. The fraction of sp³-hybridized carbons (Fsp3) is 0.227. The van der Waals surface area contributed by atoms with E-state index in [4.69, 9.17) is 9.47 Å². The predicted octanol–water partition coefficient (Wildman–Crippen LogP) is 4.03. The second-order valence-electron chi connectivity index (χ2n) is 6.11. The lowest BCUT2D eigenvalue weighted by Crippen LogP contribution is -2.33. The molecule has 0 N–H and O–H groups in total. The molecule has 0 unspecified atom stereocenters. The molecule has 26 heavy (non-hydrogen) atoms. The Morgan fingerprint density at radius 3 is 2.31 bits per heavy atom. The number of methoxy groups -OCH3 is 2. The summed E-state index contributed by atoms with van der Waals surface area (Å²) in [6.07, 6.45) is 6.41. The van der Waals surface area contributed by atoms with Crippen LogP contribution in [0.15, 0.2) is 60.7 Å². The molecule has 0 aliphatic carbocycles. The van der Waals surface area contributed by atoms with Crippen molar-refractivity contribution < 1.29 is 14.3 Å². The van der Waals surface area contributed by atoms with Gasteiger partial charge in [0.2, 0.25) is 5.91 Å². The number of hydrogen-bond donors (Lipinski definition) is 0. The van der Waals surface area contributed by atoms with Crippen molar-refractivity contribution >= 4 is 17.6 Å². The van der Waals surface area contributed by atoms with Gasteiger partial charge in [-0.25, -0.2) is 0 Å². The van der Waals surface area contributed by atoms with E-state index in [1.165, 1.54) is 11.1 Å². The van der Waals surface area contributed by atoms with Crippen LogP contribution in [-0.2, 0) is 4.79 Å². The first-order valence-electron chi connectivity index (χ1n) is 8.64. The molecule has 0 saturated heterocycles. The van der Waals surface area contributed by atoms with E-state index < -0.39 is 0 Å². The minimum atomic E-state index is 0.00940. The van der Waals surface area contributed by atoms with Gasteiger partial charge in [-0.3, -0.25) is 4.79 Å². The molecule has 134 valence electrons. The fourth-order valence-corrected chi connectivity index (χ4v) is 2.98. The summed E-state index contributed by atoms with van der Waals surface area (Å²) in [4.78, 5) is 14.3. The standard InChI is InChI=1S/C22H23NO3/c1-25-20-14-17(15-21(16-20)26-2)8-9-22(24)23-12-10-19(11-13-23)18-6-4-3-5-7-18/h3-10,14-16H,11-13H2,1-2H3. The van der Waals surface area contributed by atoms with E-state index in [9.17, 15) is 4.79 Å².